The van der Waals surface area contributed by atoms with Gasteiger partial charge in [-0.05, 0) is 6.92 Å². The normalized spacial score (nSPS) is 11.5. The third-order valence-corrected chi connectivity index (χ3v) is 3.86. The lowest BCUT2D eigenvalue weighted by atomic mass is 10.4. The third kappa shape index (κ3) is 6.02. The largest absolute Gasteiger partial charge is 0.492 e. The molecule has 1 rings (SSSR count). The van der Waals surface area contributed by atoms with Crippen molar-refractivity contribution in [1.29, 1.82) is 0 Å². The molecular weight excluding hydrogens is 398 g/mol. The average molecular weight is 414 g/mol. The van der Waals surface area contributed by atoms with Crippen LogP contribution in [-0.4, -0.2) is 60.4 Å². The average Bonchev–Trinajstić information content (AvgIpc) is 2.88. The fraction of sp³-hybridized carbons (Fsp3) is 0.385. The molecule has 0 fully saturated rings. The lowest BCUT2D eigenvalue weighted by Gasteiger charge is -2.17. The topological polar surface area (TPSA) is 153 Å². The van der Waals surface area contributed by atoms with Crippen LogP contribution in [0.5, 0.6) is 11.8 Å². The fourth-order valence-electron chi connectivity index (χ4n) is 1.32. The molecule has 0 aliphatic heterocycles. The van der Waals surface area contributed by atoms with Gasteiger partial charge in [-0.2, -0.15) is 17.2 Å². The Bertz CT molecular complexity index is 800. The second-order valence-corrected chi connectivity index (χ2v) is 6.58. The van der Waals surface area contributed by atoms with Gasteiger partial charge in [-0.1, -0.05) is 11.3 Å². The van der Waals surface area contributed by atoms with Crippen LogP contribution in [0.15, 0.2) is 24.3 Å². The molecule has 0 aromatic carbocycles. The van der Waals surface area contributed by atoms with Crippen molar-refractivity contribution in [2.45, 2.75) is 12.2 Å². The highest BCUT2D eigenvalue weighted by Gasteiger charge is 2.50. The molecule has 27 heavy (non-hydrogen) atoms. The number of alkyl halides is 2. The smallest absolute Gasteiger partial charge is 0.415 e. The molecule has 0 unspecified atom stereocenters. The number of rotatable bonds is 9. The van der Waals surface area contributed by atoms with Gasteiger partial charge in [0.2, 0.25) is 11.8 Å². The Kier molecular flexibility index (Phi) is 6.99. The van der Waals surface area contributed by atoms with Crippen molar-refractivity contribution in [2.75, 3.05) is 19.8 Å². The molecule has 0 bridgehead atoms. The zero-order valence-corrected chi connectivity index (χ0v) is 14.7. The number of aromatic nitrogens is 1. The Morgan fingerprint density at radius 2 is 1.81 bits per heavy atom. The van der Waals surface area contributed by atoms with Crippen LogP contribution >= 0.6 is 0 Å². The number of carbonyl (C=O) groups is 2. The summed E-state index contributed by atoms with van der Waals surface area (Å²) in [5, 5.41) is 15.6. The van der Waals surface area contributed by atoms with Crippen molar-refractivity contribution in [3.05, 3.63) is 24.3 Å². The fourth-order valence-corrected chi connectivity index (χ4v) is 1.98. The molecule has 1 aromatic rings. The molecule has 1 heterocycles. The number of nitrogens with one attached hydrogen (secondary N) is 1. The first-order chi connectivity index (χ1) is 12.4. The summed E-state index contributed by atoms with van der Waals surface area (Å²) in [6, 6.07) is 1.57. The van der Waals surface area contributed by atoms with Gasteiger partial charge in [0.05, 0.1) is 6.54 Å². The molecule has 0 aliphatic carbocycles. The van der Waals surface area contributed by atoms with E-state index in [1.54, 1.807) is 0 Å². The van der Waals surface area contributed by atoms with Gasteiger partial charge in [0.1, 0.15) is 6.61 Å². The SMILES string of the molecule is C=C(C)C(=O)OCCNC(=O)OCC(F)(F)S(=O)(=O)On1c(O)ccc1O. The number of carbonyl (C=O) groups excluding carboxylic acids is 2. The second-order valence-electron chi connectivity index (χ2n) is 4.93. The monoisotopic (exact) mass is 414 g/mol. The van der Waals surface area contributed by atoms with Gasteiger partial charge in [-0.3, -0.25) is 4.28 Å². The number of aromatic hydroxyl groups is 2. The molecule has 11 nitrogen and oxygen atoms in total. The van der Waals surface area contributed by atoms with Crippen molar-refractivity contribution >= 4 is 22.2 Å². The van der Waals surface area contributed by atoms with Crippen LogP contribution in [0.3, 0.4) is 0 Å². The third-order valence-electron chi connectivity index (χ3n) is 2.66. The van der Waals surface area contributed by atoms with E-state index in [0.29, 0.717) is 0 Å². The van der Waals surface area contributed by atoms with E-state index < -0.39 is 45.8 Å². The van der Waals surface area contributed by atoms with E-state index in [1.807, 2.05) is 5.32 Å². The van der Waals surface area contributed by atoms with Gasteiger partial charge in [0, 0.05) is 17.7 Å². The molecule has 0 radical (unpaired) electrons. The van der Waals surface area contributed by atoms with Gasteiger partial charge < -0.3 is 25.0 Å². The number of hydrogen-bond acceptors (Lipinski definition) is 9. The molecule has 0 atom stereocenters. The van der Waals surface area contributed by atoms with E-state index in [2.05, 4.69) is 20.3 Å². The van der Waals surface area contributed by atoms with E-state index in [0.717, 1.165) is 12.1 Å². The Hall–Kier alpha value is -3.03. The molecule has 0 saturated heterocycles. The van der Waals surface area contributed by atoms with Crippen LogP contribution in [-0.2, 0) is 24.4 Å². The summed E-state index contributed by atoms with van der Waals surface area (Å²) in [6.07, 6.45) is -1.41. The number of amides is 1. The second kappa shape index (κ2) is 8.57. The van der Waals surface area contributed by atoms with Crippen LogP contribution in [0.4, 0.5) is 13.6 Å². The molecule has 1 amide bonds. The first kappa shape index (κ1) is 22.0. The number of esters is 1. The highest BCUT2D eigenvalue weighted by Crippen LogP contribution is 2.26. The number of halogens is 2. The van der Waals surface area contributed by atoms with Crippen LogP contribution in [0, 0.1) is 0 Å². The number of alkyl carbamates (subject to hydrolysis) is 1. The minimum atomic E-state index is -5.74. The maximum Gasteiger partial charge on any atom is 0.415 e. The van der Waals surface area contributed by atoms with Crippen molar-refractivity contribution < 1.29 is 50.8 Å². The highest BCUT2D eigenvalue weighted by atomic mass is 32.2. The lowest BCUT2D eigenvalue weighted by Crippen LogP contribution is -2.42. The summed E-state index contributed by atoms with van der Waals surface area (Å²) in [4.78, 5) is 22.3. The number of nitrogens with zero attached hydrogens (tertiary/aromatic N) is 1. The maximum absolute atomic E-state index is 13.7. The van der Waals surface area contributed by atoms with Crippen LogP contribution in [0.2, 0.25) is 0 Å². The predicted molar refractivity (Wildman–Crippen MR) is 83.3 cm³/mol. The molecule has 152 valence electrons. The van der Waals surface area contributed by atoms with Crippen molar-refractivity contribution in [3.63, 3.8) is 0 Å². The first-order valence-electron chi connectivity index (χ1n) is 7.02. The minimum Gasteiger partial charge on any atom is -0.492 e. The zero-order chi connectivity index (χ0) is 20.8. The quantitative estimate of drug-likeness (QED) is 0.290. The molecule has 1 aromatic heterocycles. The van der Waals surface area contributed by atoms with Gasteiger partial charge in [0.25, 0.3) is 0 Å². The minimum absolute atomic E-state index is 0.113. The number of ether oxygens (including phenoxy) is 2. The number of hydrogen-bond donors (Lipinski definition) is 3. The van der Waals surface area contributed by atoms with Crippen LogP contribution < -0.4 is 9.60 Å². The summed E-state index contributed by atoms with van der Waals surface area (Å²) in [6.45, 7) is 2.19. The molecule has 0 saturated carbocycles. The summed E-state index contributed by atoms with van der Waals surface area (Å²) in [5.74, 6) is -2.65. The van der Waals surface area contributed by atoms with Gasteiger partial charge >= 0.3 is 27.4 Å². The van der Waals surface area contributed by atoms with Gasteiger partial charge in [0.15, 0.2) is 6.61 Å². The van der Waals surface area contributed by atoms with Crippen LogP contribution in [0.1, 0.15) is 6.92 Å². The highest BCUT2D eigenvalue weighted by molar-refractivity contribution is 7.88. The summed E-state index contributed by atoms with van der Waals surface area (Å²) in [7, 11) is -5.74. The van der Waals surface area contributed by atoms with Gasteiger partial charge in [-0.15, -0.1) is 0 Å². The Morgan fingerprint density at radius 3 is 2.33 bits per heavy atom. The Balaban J connectivity index is 2.52. The standard InChI is InChI=1S/C13H16F2N2O9S/c1-8(2)11(20)24-6-5-16-12(21)25-7-13(14,15)27(22,23)26-17-9(18)3-4-10(17)19/h3-4,18-19H,1,5-7H2,2H3,(H,16,21). The first-order valence-corrected chi connectivity index (χ1v) is 8.43. The van der Waals surface area contributed by atoms with E-state index in [1.165, 1.54) is 6.92 Å². The molecule has 14 heteroatoms. The van der Waals surface area contributed by atoms with Crippen LogP contribution in [0.25, 0.3) is 0 Å². The Labute approximate surface area is 151 Å². The molecule has 3 N–H and O–H groups in total. The van der Waals surface area contributed by atoms with E-state index >= 15 is 0 Å². The Morgan fingerprint density at radius 1 is 1.26 bits per heavy atom. The summed E-state index contributed by atoms with van der Waals surface area (Å²) < 4.78 is 63.0. The van der Waals surface area contributed by atoms with Crippen molar-refractivity contribution in [3.8, 4) is 11.8 Å². The summed E-state index contributed by atoms with van der Waals surface area (Å²) in [5.41, 5.74) is 0.113. The molecule has 0 spiro atoms. The van der Waals surface area contributed by atoms with Crippen molar-refractivity contribution in [1.82, 2.24) is 10.0 Å². The lowest BCUT2D eigenvalue weighted by molar-refractivity contribution is -0.138. The maximum atomic E-state index is 13.7. The van der Waals surface area contributed by atoms with E-state index in [9.17, 15) is 37.0 Å². The molecule has 0 aliphatic rings. The van der Waals surface area contributed by atoms with E-state index in [-0.39, 0.29) is 23.5 Å². The van der Waals surface area contributed by atoms with E-state index in [4.69, 9.17) is 0 Å². The predicted octanol–water partition coefficient (Wildman–Crippen LogP) is 0.0960. The van der Waals surface area contributed by atoms with Crippen molar-refractivity contribution in [2.24, 2.45) is 0 Å². The summed E-state index contributed by atoms with van der Waals surface area (Å²) >= 11 is 0. The van der Waals surface area contributed by atoms with Gasteiger partial charge in [-0.25, -0.2) is 9.59 Å². The molecular formula is C13H16F2N2O9S. The zero-order valence-electron chi connectivity index (χ0n) is 13.8.